The maximum absolute atomic E-state index is 12.2. The summed E-state index contributed by atoms with van der Waals surface area (Å²) in [6, 6.07) is 15.8. The van der Waals surface area contributed by atoms with Crippen molar-refractivity contribution in [1.82, 2.24) is 0 Å². The van der Waals surface area contributed by atoms with Gasteiger partial charge in [0.25, 0.3) is 12.5 Å². The lowest BCUT2D eigenvalue weighted by Crippen LogP contribution is -2.27. The van der Waals surface area contributed by atoms with Crippen LogP contribution in [0.25, 0.3) is 0 Å². The summed E-state index contributed by atoms with van der Waals surface area (Å²) in [6.45, 7) is 0.258. The number of hydrogen-bond donors (Lipinski definition) is 0. The van der Waals surface area contributed by atoms with Gasteiger partial charge in [0.15, 0.2) is 0 Å². The van der Waals surface area contributed by atoms with Crippen LogP contribution in [0.4, 0.5) is 0 Å². The van der Waals surface area contributed by atoms with E-state index in [2.05, 4.69) is 4.74 Å². The van der Waals surface area contributed by atoms with Gasteiger partial charge in [0.1, 0.15) is 23.9 Å². The van der Waals surface area contributed by atoms with Gasteiger partial charge in [0.2, 0.25) is 6.10 Å². The summed E-state index contributed by atoms with van der Waals surface area (Å²) in [4.78, 5) is 12.2. The number of hydrogen-bond acceptors (Lipinski definition) is 7. The molecule has 2 aromatic carbocycles. The summed E-state index contributed by atoms with van der Waals surface area (Å²) in [5, 5.41) is 17.0. The van der Waals surface area contributed by atoms with E-state index in [4.69, 9.17) is 24.7 Å². The van der Waals surface area contributed by atoms with Crippen molar-refractivity contribution >= 4 is 5.97 Å². The highest BCUT2D eigenvalue weighted by molar-refractivity contribution is 5.77. The number of nitriles is 2. The first kappa shape index (κ1) is 19.6. The minimum atomic E-state index is -1.00. The number of nitrogens with zero attached hydrogens (tertiary/aromatic N) is 2. The minimum Gasteiger partial charge on any atom is -0.457 e. The second-order valence-corrected chi connectivity index (χ2v) is 5.44. The van der Waals surface area contributed by atoms with Gasteiger partial charge in [-0.15, -0.1) is 0 Å². The van der Waals surface area contributed by atoms with Gasteiger partial charge >= 0.3 is 5.97 Å². The molecule has 27 heavy (non-hydrogen) atoms. The van der Waals surface area contributed by atoms with E-state index in [0.717, 1.165) is 0 Å². The number of carbonyl (C=O) groups is 1. The van der Waals surface area contributed by atoms with Crippen molar-refractivity contribution in [1.29, 1.82) is 10.5 Å². The maximum atomic E-state index is 12.2. The highest BCUT2D eigenvalue weighted by atomic mass is 16.6. The standard InChI is InChI=1S/C20H18N2O5/c21-14-24-13-5-4-8-19(25-15-22)20(23)27-18-11-9-17(10-12-18)26-16-6-2-1-3-7-16/h1-3,6-7,9-12,19H,4-5,8,13H2. The first-order valence-electron chi connectivity index (χ1n) is 8.33. The Balaban J connectivity index is 1.87. The molecule has 7 heteroatoms. The summed E-state index contributed by atoms with van der Waals surface area (Å²) in [5.74, 6) is 0.961. The van der Waals surface area contributed by atoms with Gasteiger partial charge in [-0.2, -0.15) is 10.5 Å². The quantitative estimate of drug-likeness (QED) is 0.272. The van der Waals surface area contributed by atoms with Crippen molar-refractivity contribution in [3.63, 3.8) is 0 Å². The molecule has 2 rings (SSSR count). The van der Waals surface area contributed by atoms with Gasteiger partial charge in [-0.1, -0.05) is 18.2 Å². The highest BCUT2D eigenvalue weighted by Crippen LogP contribution is 2.24. The normalized spacial score (nSPS) is 10.7. The number of ether oxygens (including phenoxy) is 4. The van der Waals surface area contributed by atoms with Gasteiger partial charge in [0.05, 0.1) is 0 Å². The van der Waals surface area contributed by atoms with Gasteiger partial charge in [0, 0.05) is 0 Å². The molecule has 1 unspecified atom stereocenters. The van der Waals surface area contributed by atoms with Crippen LogP contribution >= 0.6 is 0 Å². The zero-order valence-corrected chi connectivity index (χ0v) is 14.5. The number of para-hydroxylation sites is 1. The molecule has 0 fully saturated rings. The predicted molar refractivity (Wildman–Crippen MR) is 94.5 cm³/mol. The molecule has 0 N–H and O–H groups in total. The lowest BCUT2D eigenvalue weighted by atomic mass is 10.1. The number of rotatable bonds is 10. The smallest absolute Gasteiger partial charge is 0.353 e. The van der Waals surface area contributed by atoms with Crippen LogP contribution in [0.1, 0.15) is 19.3 Å². The van der Waals surface area contributed by atoms with Crippen LogP contribution in [0.2, 0.25) is 0 Å². The molecule has 0 aromatic heterocycles. The monoisotopic (exact) mass is 366 g/mol. The molecule has 0 bridgehead atoms. The lowest BCUT2D eigenvalue weighted by molar-refractivity contribution is -0.144. The fraction of sp³-hybridized carbons (Fsp3) is 0.250. The Labute approximate surface area is 157 Å². The van der Waals surface area contributed by atoms with Crippen LogP contribution in [-0.4, -0.2) is 18.7 Å². The molecule has 1 atom stereocenters. The number of benzene rings is 2. The number of unbranched alkanes of at least 4 members (excludes halogenated alkanes) is 1. The van der Waals surface area contributed by atoms with Crippen LogP contribution in [0.15, 0.2) is 54.6 Å². The third kappa shape index (κ3) is 6.97. The third-order valence-corrected chi connectivity index (χ3v) is 3.51. The van der Waals surface area contributed by atoms with E-state index < -0.39 is 12.1 Å². The molecule has 0 saturated carbocycles. The van der Waals surface area contributed by atoms with Gasteiger partial charge in [-0.25, -0.2) is 4.79 Å². The van der Waals surface area contributed by atoms with Crippen LogP contribution in [0, 0.1) is 23.0 Å². The Bertz CT molecular complexity index is 794. The Hall–Kier alpha value is -3.71. The predicted octanol–water partition coefficient (Wildman–Crippen LogP) is 3.92. The average molecular weight is 366 g/mol. The summed E-state index contributed by atoms with van der Waals surface area (Å²) < 4.78 is 20.3. The van der Waals surface area contributed by atoms with E-state index in [0.29, 0.717) is 30.1 Å². The van der Waals surface area contributed by atoms with E-state index in [1.54, 1.807) is 30.5 Å². The first-order valence-corrected chi connectivity index (χ1v) is 8.33. The summed E-state index contributed by atoms with van der Waals surface area (Å²) in [5.41, 5.74) is 0. The molecule has 0 aliphatic rings. The fourth-order valence-electron chi connectivity index (χ4n) is 2.22. The largest absolute Gasteiger partial charge is 0.457 e. The molecule has 138 valence electrons. The van der Waals surface area contributed by atoms with E-state index in [1.165, 1.54) is 6.26 Å². The molecule has 0 aliphatic carbocycles. The Morgan fingerprint density at radius 1 is 0.889 bits per heavy atom. The minimum absolute atomic E-state index is 0.258. The second-order valence-electron chi connectivity index (χ2n) is 5.44. The fourth-order valence-corrected chi connectivity index (χ4v) is 2.22. The summed E-state index contributed by atoms with van der Waals surface area (Å²) in [6.07, 6.45) is 3.49. The summed E-state index contributed by atoms with van der Waals surface area (Å²) >= 11 is 0. The summed E-state index contributed by atoms with van der Waals surface area (Å²) in [7, 11) is 0. The van der Waals surface area contributed by atoms with Crippen molar-refractivity contribution < 1.29 is 23.7 Å². The first-order chi connectivity index (χ1) is 13.2. The van der Waals surface area contributed by atoms with E-state index in [9.17, 15) is 4.79 Å². The molecule has 0 heterocycles. The Morgan fingerprint density at radius 2 is 1.56 bits per heavy atom. The molecule has 0 amide bonds. The molecule has 0 radical (unpaired) electrons. The van der Waals surface area contributed by atoms with Crippen molar-refractivity contribution in [2.24, 2.45) is 0 Å². The van der Waals surface area contributed by atoms with Crippen molar-refractivity contribution in [3.05, 3.63) is 54.6 Å². The SMILES string of the molecule is N#COCCCCC(OC#N)C(=O)Oc1ccc(Oc2ccccc2)cc1. The van der Waals surface area contributed by atoms with Crippen LogP contribution in [0.5, 0.6) is 17.2 Å². The maximum Gasteiger partial charge on any atom is 0.353 e. The zero-order valence-electron chi connectivity index (χ0n) is 14.5. The second kappa shape index (κ2) is 11.0. The third-order valence-electron chi connectivity index (χ3n) is 3.51. The molecular formula is C20H18N2O5. The molecule has 0 aliphatic heterocycles. The van der Waals surface area contributed by atoms with Crippen molar-refractivity contribution in [3.8, 4) is 29.8 Å². The van der Waals surface area contributed by atoms with Crippen molar-refractivity contribution in [2.45, 2.75) is 25.4 Å². The van der Waals surface area contributed by atoms with Gasteiger partial charge < -0.3 is 18.9 Å². The molecule has 7 nitrogen and oxygen atoms in total. The van der Waals surface area contributed by atoms with Gasteiger partial charge in [-0.05, 0) is 55.7 Å². The Morgan fingerprint density at radius 3 is 2.22 bits per heavy atom. The number of esters is 1. The molecule has 0 spiro atoms. The van der Waals surface area contributed by atoms with E-state index in [1.807, 2.05) is 30.3 Å². The van der Waals surface area contributed by atoms with E-state index in [-0.39, 0.29) is 13.0 Å². The van der Waals surface area contributed by atoms with E-state index >= 15 is 0 Å². The number of carbonyl (C=O) groups excluding carboxylic acids is 1. The van der Waals surface area contributed by atoms with Crippen LogP contribution in [-0.2, 0) is 14.3 Å². The molecular weight excluding hydrogens is 348 g/mol. The Kier molecular flexibility index (Phi) is 8.00. The highest BCUT2D eigenvalue weighted by Gasteiger charge is 2.22. The van der Waals surface area contributed by atoms with Crippen LogP contribution < -0.4 is 9.47 Å². The van der Waals surface area contributed by atoms with Crippen LogP contribution in [0.3, 0.4) is 0 Å². The topological polar surface area (TPSA) is 102 Å². The zero-order chi connectivity index (χ0) is 19.3. The lowest BCUT2D eigenvalue weighted by Gasteiger charge is -2.13. The van der Waals surface area contributed by atoms with Crippen molar-refractivity contribution in [2.75, 3.05) is 6.61 Å². The van der Waals surface area contributed by atoms with Gasteiger partial charge in [-0.3, -0.25) is 0 Å². The molecule has 0 saturated heterocycles. The molecule has 2 aromatic rings. The average Bonchev–Trinajstić information content (AvgIpc) is 2.69.